The van der Waals surface area contributed by atoms with Crippen molar-refractivity contribution >= 4 is 39.8 Å². The van der Waals surface area contributed by atoms with Crippen LogP contribution in [0.25, 0.3) is 32.6 Å². The van der Waals surface area contributed by atoms with Crippen molar-refractivity contribution in [2.24, 2.45) is 5.92 Å². The highest BCUT2D eigenvalue weighted by Gasteiger charge is 2.22. The molecule has 6 nitrogen and oxygen atoms in total. The van der Waals surface area contributed by atoms with Crippen molar-refractivity contribution in [2.75, 3.05) is 18.2 Å². The SMILES string of the molecule is COc1cc(-c2cnc3c(-c4cccc(NC(=O)C5CCCC5)c4)snc3c2)ccc1N. The van der Waals surface area contributed by atoms with Gasteiger partial charge in [0.05, 0.1) is 17.7 Å². The molecule has 1 amide bonds. The van der Waals surface area contributed by atoms with Crippen LogP contribution in [-0.4, -0.2) is 22.4 Å². The van der Waals surface area contributed by atoms with Crippen LogP contribution in [0.1, 0.15) is 25.7 Å². The molecule has 2 aromatic carbocycles. The summed E-state index contributed by atoms with van der Waals surface area (Å²) in [6.45, 7) is 0. The third-order valence-electron chi connectivity index (χ3n) is 6.00. The van der Waals surface area contributed by atoms with Crippen molar-refractivity contribution < 1.29 is 9.53 Å². The monoisotopic (exact) mass is 444 g/mol. The number of ether oxygens (including phenoxy) is 1. The van der Waals surface area contributed by atoms with E-state index in [-0.39, 0.29) is 11.8 Å². The van der Waals surface area contributed by atoms with E-state index >= 15 is 0 Å². The summed E-state index contributed by atoms with van der Waals surface area (Å²) < 4.78 is 9.97. The lowest BCUT2D eigenvalue weighted by Crippen LogP contribution is -2.20. The first-order chi connectivity index (χ1) is 15.6. The van der Waals surface area contributed by atoms with Gasteiger partial charge in [-0.05, 0) is 65.8 Å². The van der Waals surface area contributed by atoms with Crippen molar-refractivity contribution in [1.29, 1.82) is 0 Å². The topological polar surface area (TPSA) is 90.1 Å². The number of carbonyl (C=O) groups is 1. The van der Waals surface area contributed by atoms with Gasteiger partial charge in [0.25, 0.3) is 0 Å². The van der Waals surface area contributed by atoms with E-state index in [1.165, 1.54) is 11.5 Å². The number of amides is 1. The lowest BCUT2D eigenvalue weighted by Gasteiger charge is -2.11. The molecule has 0 bridgehead atoms. The maximum Gasteiger partial charge on any atom is 0.227 e. The molecular weight excluding hydrogens is 420 g/mol. The smallest absolute Gasteiger partial charge is 0.227 e. The molecule has 5 rings (SSSR count). The summed E-state index contributed by atoms with van der Waals surface area (Å²) in [5, 5.41) is 3.08. The number of pyridine rings is 1. The van der Waals surface area contributed by atoms with E-state index in [1.54, 1.807) is 7.11 Å². The van der Waals surface area contributed by atoms with Crippen LogP contribution < -0.4 is 15.8 Å². The number of aromatic nitrogens is 2. The number of nitrogens with one attached hydrogen (secondary N) is 1. The van der Waals surface area contributed by atoms with Crippen LogP contribution in [0.15, 0.2) is 54.7 Å². The van der Waals surface area contributed by atoms with Gasteiger partial charge in [-0.25, -0.2) is 0 Å². The van der Waals surface area contributed by atoms with Crippen LogP contribution >= 0.6 is 11.5 Å². The minimum absolute atomic E-state index is 0.121. The van der Waals surface area contributed by atoms with E-state index in [9.17, 15) is 4.79 Å². The van der Waals surface area contributed by atoms with Gasteiger partial charge in [-0.1, -0.05) is 31.0 Å². The number of anilines is 2. The molecule has 2 heterocycles. The molecule has 0 unspecified atom stereocenters. The first-order valence-corrected chi connectivity index (χ1v) is 11.5. The molecule has 0 atom stereocenters. The van der Waals surface area contributed by atoms with Gasteiger partial charge >= 0.3 is 0 Å². The Morgan fingerprint density at radius 1 is 1.09 bits per heavy atom. The van der Waals surface area contributed by atoms with Gasteiger partial charge in [-0.3, -0.25) is 9.78 Å². The zero-order valence-electron chi connectivity index (χ0n) is 17.8. The number of carbonyl (C=O) groups excluding carboxylic acids is 1. The number of methoxy groups -OCH3 is 1. The highest BCUT2D eigenvalue weighted by Crippen LogP contribution is 2.35. The Bertz CT molecular complexity index is 1290. The normalized spacial score (nSPS) is 14.0. The summed E-state index contributed by atoms with van der Waals surface area (Å²) in [6, 6.07) is 15.6. The first-order valence-electron chi connectivity index (χ1n) is 10.7. The van der Waals surface area contributed by atoms with E-state index in [1.807, 2.05) is 54.7 Å². The van der Waals surface area contributed by atoms with Crippen LogP contribution in [-0.2, 0) is 4.79 Å². The minimum Gasteiger partial charge on any atom is -0.495 e. The second-order valence-electron chi connectivity index (χ2n) is 8.11. The van der Waals surface area contributed by atoms with Gasteiger partial charge in [0, 0.05) is 23.4 Å². The number of nitrogens with two attached hydrogens (primary N) is 1. The molecule has 0 saturated heterocycles. The van der Waals surface area contributed by atoms with Gasteiger partial charge in [0.15, 0.2) is 0 Å². The fourth-order valence-corrected chi connectivity index (χ4v) is 5.05. The molecule has 4 aromatic rings. The van der Waals surface area contributed by atoms with Gasteiger partial charge < -0.3 is 15.8 Å². The average Bonchev–Trinajstić information content (AvgIpc) is 3.49. The minimum atomic E-state index is 0.121. The summed E-state index contributed by atoms with van der Waals surface area (Å²) >= 11 is 1.41. The number of benzene rings is 2. The highest BCUT2D eigenvalue weighted by molar-refractivity contribution is 7.11. The maximum absolute atomic E-state index is 12.5. The molecule has 0 aliphatic heterocycles. The fraction of sp³-hybridized carbons (Fsp3) is 0.240. The van der Waals surface area contributed by atoms with Gasteiger partial charge in [0.1, 0.15) is 16.8 Å². The molecule has 1 aliphatic rings. The summed E-state index contributed by atoms with van der Waals surface area (Å²) in [5.41, 5.74) is 11.9. The van der Waals surface area contributed by atoms with Crippen molar-refractivity contribution in [1.82, 2.24) is 9.36 Å². The van der Waals surface area contributed by atoms with Crippen LogP contribution in [0.5, 0.6) is 5.75 Å². The second-order valence-corrected chi connectivity index (χ2v) is 8.88. The maximum atomic E-state index is 12.5. The Labute approximate surface area is 190 Å². The third kappa shape index (κ3) is 3.91. The Balaban J connectivity index is 1.43. The summed E-state index contributed by atoms with van der Waals surface area (Å²) in [6.07, 6.45) is 6.09. The van der Waals surface area contributed by atoms with Crippen molar-refractivity contribution in [3.05, 3.63) is 54.7 Å². The third-order valence-corrected chi connectivity index (χ3v) is 6.90. The standard InChI is InChI=1S/C25H24N4O2S/c1-31-22-13-16(9-10-20(22)26)18-12-21-23(27-14-18)24(32-29-21)17-7-4-8-19(11-17)28-25(30)15-5-2-3-6-15/h4,7-15H,2-3,5-6,26H2,1H3,(H,28,30). The molecule has 0 radical (unpaired) electrons. The van der Waals surface area contributed by atoms with Gasteiger partial charge in [0.2, 0.25) is 5.91 Å². The molecule has 2 aromatic heterocycles. The molecule has 1 fully saturated rings. The zero-order chi connectivity index (χ0) is 22.1. The second kappa shape index (κ2) is 8.59. The number of nitrogen functional groups attached to an aromatic ring is 1. The Kier molecular flexibility index (Phi) is 5.49. The Morgan fingerprint density at radius 3 is 2.75 bits per heavy atom. The van der Waals surface area contributed by atoms with Crippen molar-refractivity contribution in [3.8, 4) is 27.3 Å². The fourth-order valence-electron chi connectivity index (χ4n) is 4.24. The molecule has 1 aliphatic carbocycles. The summed E-state index contributed by atoms with van der Waals surface area (Å²) in [5.74, 6) is 0.892. The van der Waals surface area contributed by atoms with Crippen LogP contribution in [0, 0.1) is 5.92 Å². The molecule has 7 heteroatoms. The number of rotatable bonds is 5. The van der Waals surface area contributed by atoms with E-state index in [2.05, 4.69) is 9.69 Å². The molecular formula is C25H24N4O2S. The number of fused-ring (bicyclic) bond motifs is 1. The number of nitrogens with zero attached hydrogens (tertiary/aromatic N) is 2. The van der Waals surface area contributed by atoms with E-state index in [4.69, 9.17) is 15.5 Å². The number of hydrogen-bond donors (Lipinski definition) is 2. The van der Waals surface area contributed by atoms with E-state index in [0.29, 0.717) is 11.4 Å². The molecule has 3 N–H and O–H groups in total. The van der Waals surface area contributed by atoms with E-state index in [0.717, 1.165) is 64.0 Å². The van der Waals surface area contributed by atoms with Crippen molar-refractivity contribution in [2.45, 2.75) is 25.7 Å². The predicted octanol–water partition coefficient (Wildman–Crippen LogP) is 5.74. The summed E-state index contributed by atoms with van der Waals surface area (Å²) in [7, 11) is 1.61. The largest absolute Gasteiger partial charge is 0.495 e. The van der Waals surface area contributed by atoms with Gasteiger partial charge in [-0.15, -0.1) is 0 Å². The predicted molar refractivity (Wildman–Crippen MR) is 130 cm³/mol. The summed E-state index contributed by atoms with van der Waals surface area (Å²) in [4.78, 5) is 18.2. The quantitative estimate of drug-likeness (QED) is 0.383. The molecule has 32 heavy (non-hydrogen) atoms. The van der Waals surface area contributed by atoms with E-state index < -0.39 is 0 Å². The van der Waals surface area contributed by atoms with Crippen LogP contribution in [0.3, 0.4) is 0 Å². The first kappa shape index (κ1) is 20.5. The lowest BCUT2D eigenvalue weighted by molar-refractivity contribution is -0.119. The molecule has 1 saturated carbocycles. The molecule has 162 valence electrons. The highest BCUT2D eigenvalue weighted by atomic mass is 32.1. The van der Waals surface area contributed by atoms with Crippen LogP contribution in [0.4, 0.5) is 11.4 Å². The molecule has 0 spiro atoms. The lowest BCUT2D eigenvalue weighted by atomic mass is 10.1. The average molecular weight is 445 g/mol. The van der Waals surface area contributed by atoms with Crippen molar-refractivity contribution in [3.63, 3.8) is 0 Å². The Morgan fingerprint density at radius 2 is 1.94 bits per heavy atom. The number of hydrogen-bond acceptors (Lipinski definition) is 6. The van der Waals surface area contributed by atoms with Gasteiger partial charge in [-0.2, -0.15) is 4.37 Å². The zero-order valence-corrected chi connectivity index (χ0v) is 18.6. The van der Waals surface area contributed by atoms with Crippen LogP contribution in [0.2, 0.25) is 0 Å². The Hall–Kier alpha value is -3.45.